The van der Waals surface area contributed by atoms with Crippen molar-refractivity contribution in [2.24, 2.45) is 0 Å². The number of carbonyl (C=O) groups is 4. The number of amides is 3. The Morgan fingerprint density at radius 1 is 0.828 bits per heavy atom. The SMILES string of the molecule is CC(=O)N(C)c1c(I)c(C(=O)N(C)C)c(I)c(N(C)C(=O)CCCC(=O)O)c1I. The molecule has 0 aliphatic heterocycles. The highest BCUT2D eigenvalue weighted by Gasteiger charge is 2.30. The van der Waals surface area contributed by atoms with E-state index < -0.39 is 5.97 Å². The van der Waals surface area contributed by atoms with E-state index in [1.165, 1.54) is 21.6 Å². The number of halogens is 3. The number of carbonyl (C=O) groups excluding carboxylic acids is 3. The molecule has 0 aromatic heterocycles. The minimum atomic E-state index is -0.955. The van der Waals surface area contributed by atoms with Crippen LogP contribution in [0.1, 0.15) is 36.5 Å². The summed E-state index contributed by atoms with van der Waals surface area (Å²) in [4.78, 5) is 52.7. The fourth-order valence-electron chi connectivity index (χ4n) is 2.48. The van der Waals surface area contributed by atoms with Crippen LogP contribution in [0.25, 0.3) is 0 Å². The summed E-state index contributed by atoms with van der Waals surface area (Å²) in [5, 5.41) is 8.79. The summed E-state index contributed by atoms with van der Waals surface area (Å²) in [6.07, 6.45) is 0.193. The maximum absolute atomic E-state index is 12.9. The van der Waals surface area contributed by atoms with Gasteiger partial charge in [-0.25, -0.2) is 0 Å². The molecule has 0 fully saturated rings. The van der Waals surface area contributed by atoms with Gasteiger partial charge in [-0.2, -0.15) is 0 Å². The van der Waals surface area contributed by atoms with Crippen molar-refractivity contribution in [2.75, 3.05) is 38.0 Å². The third-order valence-electron chi connectivity index (χ3n) is 4.19. The molecule has 1 aromatic carbocycles. The van der Waals surface area contributed by atoms with Gasteiger partial charge in [-0.3, -0.25) is 19.2 Å². The van der Waals surface area contributed by atoms with Crippen LogP contribution in [0.3, 0.4) is 0 Å². The molecule has 1 N–H and O–H groups in total. The molecule has 160 valence electrons. The summed E-state index contributed by atoms with van der Waals surface area (Å²) in [6.45, 7) is 1.43. The third-order valence-corrected chi connectivity index (χ3v) is 7.31. The minimum absolute atomic E-state index is 0.0653. The summed E-state index contributed by atoms with van der Waals surface area (Å²) in [5.41, 5.74) is 1.50. The van der Waals surface area contributed by atoms with Crippen LogP contribution >= 0.6 is 67.8 Å². The lowest BCUT2D eigenvalue weighted by Crippen LogP contribution is -2.33. The number of benzene rings is 1. The smallest absolute Gasteiger partial charge is 0.303 e. The molecule has 0 bridgehead atoms. The molecule has 0 spiro atoms. The van der Waals surface area contributed by atoms with E-state index in [-0.39, 0.29) is 37.0 Å². The molecule has 1 aromatic rings. The maximum Gasteiger partial charge on any atom is 0.303 e. The van der Waals surface area contributed by atoms with Crippen LogP contribution in [0, 0.1) is 10.7 Å². The highest BCUT2D eigenvalue weighted by Crippen LogP contribution is 2.42. The zero-order valence-electron chi connectivity index (χ0n) is 16.7. The van der Waals surface area contributed by atoms with E-state index in [0.717, 1.165) is 0 Å². The van der Waals surface area contributed by atoms with Gasteiger partial charge in [0, 0.05) is 48.0 Å². The average Bonchev–Trinajstić information content (AvgIpc) is 2.60. The molecule has 0 saturated heterocycles. The van der Waals surface area contributed by atoms with E-state index in [4.69, 9.17) is 5.11 Å². The van der Waals surface area contributed by atoms with Gasteiger partial charge < -0.3 is 19.8 Å². The van der Waals surface area contributed by atoms with E-state index in [9.17, 15) is 19.2 Å². The van der Waals surface area contributed by atoms with Gasteiger partial charge in [0.1, 0.15) is 0 Å². The number of rotatable bonds is 7. The largest absolute Gasteiger partial charge is 0.481 e. The van der Waals surface area contributed by atoms with Crippen molar-refractivity contribution >= 4 is 103 Å². The number of carboxylic acids is 1. The van der Waals surface area contributed by atoms with Crippen molar-refractivity contribution in [3.8, 4) is 0 Å². The lowest BCUT2D eigenvalue weighted by atomic mass is 10.1. The highest BCUT2D eigenvalue weighted by molar-refractivity contribution is 14.1. The lowest BCUT2D eigenvalue weighted by molar-refractivity contribution is -0.137. The number of anilines is 2. The van der Waals surface area contributed by atoms with Gasteiger partial charge in [0.2, 0.25) is 11.8 Å². The summed E-state index contributed by atoms with van der Waals surface area (Å²) < 4.78 is 1.90. The van der Waals surface area contributed by atoms with Gasteiger partial charge >= 0.3 is 5.97 Å². The molecule has 11 heteroatoms. The van der Waals surface area contributed by atoms with Crippen LogP contribution < -0.4 is 9.80 Å². The van der Waals surface area contributed by atoms with Gasteiger partial charge in [0.25, 0.3) is 5.91 Å². The molecule has 0 saturated carbocycles. The molecule has 8 nitrogen and oxygen atoms in total. The van der Waals surface area contributed by atoms with E-state index >= 15 is 0 Å². The first-order valence-corrected chi connectivity index (χ1v) is 11.7. The quantitative estimate of drug-likeness (QED) is 0.433. The predicted octanol–water partition coefficient (Wildman–Crippen LogP) is 3.40. The van der Waals surface area contributed by atoms with Crippen molar-refractivity contribution < 1.29 is 24.3 Å². The summed E-state index contributed by atoms with van der Waals surface area (Å²) in [6, 6.07) is 0. The van der Waals surface area contributed by atoms with Crippen molar-refractivity contribution in [3.05, 3.63) is 16.3 Å². The molecule has 0 aliphatic rings. The van der Waals surface area contributed by atoms with Gasteiger partial charge in [-0.15, -0.1) is 0 Å². The van der Waals surface area contributed by atoms with Crippen LogP contribution in [0.2, 0.25) is 0 Å². The Balaban J connectivity index is 3.64. The Morgan fingerprint density at radius 3 is 1.72 bits per heavy atom. The molecule has 0 heterocycles. The molecule has 1 rings (SSSR count). The second kappa shape index (κ2) is 11.1. The first-order valence-electron chi connectivity index (χ1n) is 8.47. The average molecular weight is 741 g/mol. The zero-order valence-corrected chi connectivity index (χ0v) is 23.1. The third kappa shape index (κ3) is 6.15. The molecule has 0 atom stereocenters. The van der Waals surface area contributed by atoms with E-state index in [1.807, 2.05) is 22.6 Å². The number of nitrogens with zero attached hydrogens (tertiary/aromatic N) is 3. The second-order valence-corrected chi connectivity index (χ2v) is 9.73. The topological polar surface area (TPSA) is 98.2 Å². The predicted molar refractivity (Wildman–Crippen MR) is 137 cm³/mol. The molecule has 0 aliphatic carbocycles. The lowest BCUT2D eigenvalue weighted by Gasteiger charge is -2.28. The monoisotopic (exact) mass is 741 g/mol. The Hall–Kier alpha value is -0.710. The van der Waals surface area contributed by atoms with Crippen LogP contribution in [0.4, 0.5) is 11.4 Å². The van der Waals surface area contributed by atoms with Crippen molar-refractivity contribution in [1.82, 2.24) is 4.90 Å². The second-order valence-electron chi connectivity index (χ2n) is 6.49. The molecule has 0 radical (unpaired) electrons. The fourth-order valence-corrected chi connectivity index (χ4v) is 7.55. The maximum atomic E-state index is 12.9. The van der Waals surface area contributed by atoms with Crippen molar-refractivity contribution in [1.29, 1.82) is 0 Å². The number of hydrogen-bond donors (Lipinski definition) is 1. The number of hydrogen-bond acceptors (Lipinski definition) is 4. The van der Waals surface area contributed by atoms with E-state index in [1.54, 1.807) is 28.2 Å². The molecule has 0 unspecified atom stereocenters. The zero-order chi connectivity index (χ0) is 22.6. The van der Waals surface area contributed by atoms with Gasteiger partial charge in [0.15, 0.2) is 0 Å². The molecular weight excluding hydrogens is 719 g/mol. The van der Waals surface area contributed by atoms with E-state index in [0.29, 0.717) is 27.6 Å². The Labute approximate surface area is 210 Å². The molecule has 3 amide bonds. The molecular formula is C18H22I3N3O5. The number of carboxylic acid groups (broad SMARTS) is 1. The van der Waals surface area contributed by atoms with Crippen molar-refractivity contribution in [2.45, 2.75) is 26.2 Å². The van der Waals surface area contributed by atoms with Crippen LogP contribution in [-0.2, 0) is 14.4 Å². The van der Waals surface area contributed by atoms with E-state index in [2.05, 4.69) is 45.2 Å². The summed E-state index contributed by atoms with van der Waals surface area (Å²) >= 11 is 6.18. The molecule has 29 heavy (non-hydrogen) atoms. The fraction of sp³-hybridized carbons (Fsp3) is 0.444. The van der Waals surface area contributed by atoms with Gasteiger partial charge in [-0.1, -0.05) is 0 Å². The van der Waals surface area contributed by atoms with Gasteiger partial charge in [0.05, 0.1) is 27.6 Å². The Bertz CT molecular complexity index is 858. The highest BCUT2D eigenvalue weighted by atomic mass is 127. The van der Waals surface area contributed by atoms with Crippen LogP contribution in [0.5, 0.6) is 0 Å². The minimum Gasteiger partial charge on any atom is -0.481 e. The Kier molecular flexibility index (Phi) is 10.0. The normalized spacial score (nSPS) is 10.5. The summed E-state index contributed by atoms with van der Waals surface area (Å²) in [5.74, 6) is -1.65. The van der Waals surface area contributed by atoms with Gasteiger partial charge in [-0.05, 0) is 74.2 Å². The number of aliphatic carboxylic acids is 1. The van der Waals surface area contributed by atoms with Crippen LogP contribution in [0.15, 0.2) is 0 Å². The first-order chi connectivity index (χ1) is 13.3. The first kappa shape index (κ1) is 26.3. The van der Waals surface area contributed by atoms with Crippen LogP contribution in [-0.4, -0.2) is 61.9 Å². The Morgan fingerprint density at radius 2 is 1.31 bits per heavy atom. The summed E-state index contributed by atoms with van der Waals surface area (Å²) in [7, 11) is 6.50. The standard InChI is InChI=1S/C18H22I3N3O5/c1-9(25)23(4)16-13(19)12(18(29)22(2)3)14(20)17(15(16)21)24(5)10(26)7-6-8-11(27)28/h6-8H2,1-5H3,(H,27,28). The van der Waals surface area contributed by atoms with Crippen molar-refractivity contribution in [3.63, 3.8) is 0 Å².